The summed E-state index contributed by atoms with van der Waals surface area (Å²) < 4.78 is 32.5. The molecule has 0 radical (unpaired) electrons. The molecule has 0 aliphatic carbocycles. The zero-order valence-corrected chi connectivity index (χ0v) is 36.3. The van der Waals surface area contributed by atoms with Crippen molar-refractivity contribution in [2.24, 2.45) is 5.73 Å². The predicted octanol–water partition coefficient (Wildman–Crippen LogP) is 10.0. The summed E-state index contributed by atoms with van der Waals surface area (Å²) >= 11 is 0. The average Bonchev–Trinajstić information content (AvgIpc) is 3.21. The quantitative estimate of drug-likeness (QED) is 0.0152. The van der Waals surface area contributed by atoms with Gasteiger partial charge in [-0.05, 0) is 70.6 Å². The van der Waals surface area contributed by atoms with Crippen LogP contribution in [0.2, 0.25) is 0 Å². The third kappa shape index (κ3) is 39.3. The van der Waals surface area contributed by atoms with Crippen LogP contribution < -0.4 is 5.73 Å². The maximum Gasteiger partial charge on any atom is 0.472 e. The molecular weight excluding hydrogens is 773 g/mol. The Morgan fingerprint density at radius 1 is 0.610 bits per heavy atom. The van der Waals surface area contributed by atoms with Crippen LogP contribution in [-0.2, 0) is 37.5 Å². The van der Waals surface area contributed by atoms with Gasteiger partial charge in [-0.1, -0.05) is 149 Å². The van der Waals surface area contributed by atoms with Gasteiger partial charge in [0.25, 0.3) is 0 Å². The largest absolute Gasteiger partial charge is 0.480 e. The molecule has 0 spiro atoms. The van der Waals surface area contributed by atoms with Crippen LogP contribution in [0, 0.1) is 0 Å². The molecule has 0 bridgehead atoms. The zero-order valence-electron chi connectivity index (χ0n) is 35.4. The number of carbonyl (C=O) groups excluding carboxylic acids is 2. The summed E-state index contributed by atoms with van der Waals surface area (Å²) in [6.45, 7) is 2.35. The molecule has 0 saturated carbocycles. The molecule has 0 aliphatic rings. The summed E-state index contributed by atoms with van der Waals surface area (Å²) in [5.41, 5.74) is 5.32. The number of aliphatic hydroxyl groups is 1. The van der Waals surface area contributed by atoms with E-state index in [1.165, 1.54) is 0 Å². The minimum atomic E-state index is -4.77. The second-order valence-electron chi connectivity index (χ2n) is 13.6. The second kappa shape index (κ2) is 39.6. The van der Waals surface area contributed by atoms with Crippen molar-refractivity contribution < 1.29 is 52.6 Å². The van der Waals surface area contributed by atoms with Crippen molar-refractivity contribution in [3.05, 3.63) is 109 Å². The number of phosphoric ester groups is 1. The fraction of sp³-hybridized carbons (Fsp3) is 0.543. The number of carboxylic acid groups (broad SMARTS) is 1. The Morgan fingerprint density at radius 2 is 1.10 bits per heavy atom. The summed E-state index contributed by atoms with van der Waals surface area (Å²) in [6.07, 6.45) is 47.6. The lowest BCUT2D eigenvalue weighted by Crippen LogP contribution is -2.34. The molecule has 0 heterocycles. The number of rotatable bonds is 37. The van der Waals surface area contributed by atoms with Gasteiger partial charge in [0.1, 0.15) is 12.6 Å². The first kappa shape index (κ1) is 55.1. The summed E-state index contributed by atoms with van der Waals surface area (Å²) in [6, 6.07) is -1.55. The Labute approximate surface area is 353 Å². The average molecular weight is 846 g/mol. The van der Waals surface area contributed by atoms with Crippen molar-refractivity contribution in [2.45, 2.75) is 141 Å². The highest BCUT2D eigenvalue weighted by Crippen LogP contribution is 2.43. The van der Waals surface area contributed by atoms with Crippen molar-refractivity contribution in [2.75, 3.05) is 19.8 Å². The Balaban J connectivity index is 4.61. The number of aliphatic hydroxyl groups excluding tert-OH is 1. The Hall–Kier alpha value is -3.90. The lowest BCUT2D eigenvalue weighted by Gasteiger charge is -2.20. The first-order chi connectivity index (χ1) is 28.5. The van der Waals surface area contributed by atoms with E-state index in [1.54, 1.807) is 6.08 Å². The number of allylic oxidation sites excluding steroid dienone is 17. The topological polar surface area (TPSA) is 192 Å². The molecule has 0 aromatic rings. The van der Waals surface area contributed by atoms with Gasteiger partial charge < -0.3 is 30.3 Å². The Kier molecular flexibility index (Phi) is 36.9. The Bertz CT molecular complexity index is 1430. The molecule has 5 N–H and O–H groups in total. The van der Waals surface area contributed by atoms with Crippen molar-refractivity contribution in [3.8, 4) is 0 Å². The van der Waals surface area contributed by atoms with E-state index in [1.807, 2.05) is 36.5 Å². The number of nitrogens with two attached hydrogens (primary N) is 1. The van der Waals surface area contributed by atoms with Gasteiger partial charge in [0, 0.05) is 12.8 Å². The Morgan fingerprint density at radius 3 is 1.66 bits per heavy atom. The van der Waals surface area contributed by atoms with E-state index in [2.05, 4.69) is 85.2 Å². The van der Waals surface area contributed by atoms with Gasteiger partial charge in [0.05, 0.1) is 19.3 Å². The zero-order chi connectivity index (χ0) is 43.7. The first-order valence-corrected chi connectivity index (χ1v) is 22.5. The van der Waals surface area contributed by atoms with Gasteiger partial charge >= 0.3 is 25.7 Å². The molecular formula is C46H72NO11P. The van der Waals surface area contributed by atoms with E-state index in [-0.39, 0.29) is 12.8 Å². The highest BCUT2D eigenvalue weighted by atomic mass is 31.2. The fourth-order valence-electron chi connectivity index (χ4n) is 4.86. The second-order valence-corrected chi connectivity index (χ2v) is 15.0. The maximum atomic E-state index is 12.6. The van der Waals surface area contributed by atoms with Crippen LogP contribution in [0.1, 0.15) is 123 Å². The van der Waals surface area contributed by atoms with Crippen LogP contribution in [0.5, 0.6) is 0 Å². The standard InChI is InChI=1S/C46H72NO11P/c1-3-5-7-9-11-12-13-14-15-16-17-18-19-20-21-22-24-28-32-36-44(49)55-38-42(39-56-59(53,54)57-40-43(47)46(51)52)58-45(50)37-33-29-25-27-31-35-41(48)34-30-26-23-10-8-6-4-2/h5-8,11-12,14-15,17-18,20-21,23-24,26,28,30,34,41-43,48H,3-4,9-10,13,16,19,22,25,27,29,31-33,35-40,47H2,1-2H3,(H,51,52)(H,53,54)/b7-5-,8-6+,12-11-,15-14-,18-17-,21-20-,26-23+,28-24-,34-30+/t41?,42-,43+/m1/s1. The van der Waals surface area contributed by atoms with Crippen LogP contribution in [0.15, 0.2) is 109 Å². The van der Waals surface area contributed by atoms with Gasteiger partial charge in [0.2, 0.25) is 0 Å². The molecule has 13 heteroatoms. The number of ether oxygens (including phenoxy) is 2. The number of hydrogen-bond donors (Lipinski definition) is 4. The van der Waals surface area contributed by atoms with Crippen LogP contribution in [0.25, 0.3) is 0 Å². The number of esters is 2. The number of hydrogen-bond acceptors (Lipinski definition) is 10. The third-order valence-corrected chi connectivity index (χ3v) is 9.08. The number of phosphoric acid groups is 1. The molecule has 0 aromatic heterocycles. The van der Waals surface area contributed by atoms with E-state index in [0.29, 0.717) is 19.3 Å². The fourth-order valence-corrected chi connectivity index (χ4v) is 5.64. The molecule has 12 nitrogen and oxygen atoms in total. The number of carbonyl (C=O) groups is 3. The van der Waals surface area contributed by atoms with Crippen LogP contribution in [0.4, 0.5) is 0 Å². The van der Waals surface area contributed by atoms with Gasteiger partial charge in [-0.15, -0.1) is 0 Å². The van der Waals surface area contributed by atoms with E-state index in [4.69, 9.17) is 24.8 Å². The molecule has 0 aromatic carbocycles. The minimum Gasteiger partial charge on any atom is -0.480 e. The number of unbranched alkanes of at least 4 members (excludes halogenated alkanes) is 4. The summed E-state index contributed by atoms with van der Waals surface area (Å²) in [5, 5.41) is 19.0. The molecule has 0 rings (SSSR count). The van der Waals surface area contributed by atoms with Crippen LogP contribution in [0.3, 0.4) is 0 Å². The highest BCUT2D eigenvalue weighted by Gasteiger charge is 2.28. The third-order valence-electron chi connectivity index (χ3n) is 8.13. The molecule has 0 fully saturated rings. The molecule has 4 atom stereocenters. The highest BCUT2D eigenvalue weighted by molar-refractivity contribution is 7.47. The normalized spacial score (nSPS) is 15.3. The van der Waals surface area contributed by atoms with Gasteiger partial charge in [-0.25, -0.2) is 4.57 Å². The van der Waals surface area contributed by atoms with Crippen molar-refractivity contribution in [1.29, 1.82) is 0 Å². The minimum absolute atomic E-state index is 0.0685. The SMILES string of the molecule is CC/C=C\C/C=C\C/C=C\C/C=C\C/C=C\C/C=C\CCC(=O)OC[C@H](COP(=O)(O)OC[C@H](N)C(=O)O)OC(=O)CCCCCCCC(O)/C=C/C=C/C/C=C/CC. The number of carboxylic acids is 1. The molecule has 0 saturated heterocycles. The van der Waals surface area contributed by atoms with E-state index in [9.17, 15) is 28.9 Å². The summed E-state index contributed by atoms with van der Waals surface area (Å²) in [7, 11) is -4.77. The summed E-state index contributed by atoms with van der Waals surface area (Å²) in [5.74, 6) is -2.59. The lowest BCUT2D eigenvalue weighted by atomic mass is 10.1. The molecule has 332 valence electrons. The van der Waals surface area contributed by atoms with Gasteiger partial charge in [0.15, 0.2) is 6.10 Å². The van der Waals surface area contributed by atoms with E-state index >= 15 is 0 Å². The van der Waals surface area contributed by atoms with Gasteiger partial charge in [-0.2, -0.15) is 0 Å². The van der Waals surface area contributed by atoms with Crippen molar-refractivity contribution in [3.63, 3.8) is 0 Å². The molecule has 0 amide bonds. The van der Waals surface area contributed by atoms with E-state index in [0.717, 1.165) is 77.0 Å². The predicted molar refractivity (Wildman–Crippen MR) is 236 cm³/mol. The van der Waals surface area contributed by atoms with Gasteiger partial charge in [-0.3, -0.25) is 23.4 Å². The maximum absolute atomic E-state index is 12.6. The lowest BCUT2D eigenvalue weighted by molar-refractivity contribution is -0.161. The van der Waals surface area contributed by atoms with Crippen molar-refractivity contribution >= 4 is 25.7 Å². The van der Waals surface area contributed by atoms with E-state index < -0.39 is 63.8 Å². The molecule has 2 unspecified atom stereocenters. The van der Waals surface area contributed by atoms with Crippen molar-refractivity contribution in [1.82, 2.24) is 0 Å². The first-order valence-electron chi connectivity index (χ1n) is 21.0. The molecule has 0 aliphatic heterocycles. The molecule has 59 heavy (non-hydrogen) atoms. The number of aliphatic carboxylic acids is 1. The smallest absolute Gasteiger partial charge is 0.472 e. The van der Waals surface area contributed by atoms with Crippen LogP contribution in [-0.4, -0.2) is 71.1 Å². The summed E-state index contributed by atoms with van der Waals surface area (Å²) in [4.78, 5) is 45.9. The van der Waals surface area contributed by atoms with Crippen LogP contribution >= 0.6 is 7.82 Å². The monoisotopic (exact) mass is 845 g/mol.